The van der Waals surface area contributed by atoms with E-state index in [0.29, 0.717) is 5.54 Å². The summed E-state index contributed by atoms with van der Waals surface area (Å²) < 4.78 is 0. The van der Waals surface area contributed by atoms with E-state index in [1.165, 1.54) is 44.3 Å². The summed E-state index contributed by atoms with van der Waals surface area (Å²) >= 11 is 0. The van der Waals surface area contributed by atoms with E-state index in [9.17, 15) is 0 Å². The summed E-state index contributed by atoms with van der Waals surface area (Å²) in [5, 5.41) is 3.79. The van der Waals surface area contributed by atoms with Crippen LogP contribution in [0.5, 0.6) is 0 Å². The van der Waals surface area contributed by atoms with Crippen LogP contribution in [0.2, 0.25) is 0 Å². The van der Waals surface area contributed by atoms with Gasteiger partial charge in [-0.15, -0.1) is 0 Å². The summed E-state index contributed by atoms with van der Waals surface area (Å²) in [4.78, 5) is 7.02. The third kappa shape index (κ3) is 2.73. The van der Waals surface area contributed by atoms with Crippen LogP contribution in [0.4, 0.5) is 0 Å². The molecule has 18 heavy (non-hydrogen) atoms. The zero-order valence-corrected chi connectivity index (χ0v) is 11.1. The predicted octanol–water partition coefficient (Wildman–Crippen LogP) is 2.19. The third-order valence-corrected chi connectivity index (χ3v) is 4.38. The van der Waals surface area contributed by atoms with Crippen LogP contribution >= 0.6 is 0 Å². The normalized spacial score (nSPS) is 24.2. The lowest BCUT2D eigenvalue weighted by Gasteiger charge is -2.46. The maximum Gasteiger partial charge on any atom is 0.0543 e. The first-order chi connectivity index (χ1) is 8.86. The van der Waals surface area contributed by atoms with Gasteiger partial charge >= 0.3 is 0 Å². The second kappa shape index (κ2) is 5.37. The van der Waals surface area contributed by atoms with Gasteiger partial charge in [-0.05, 0) is 25.0 Å². The number of hydrogen-bond donors (Lipinski definition) is 1. The summed E-state index contributed by atoms with van der Waals surface area (Å²) in [5.41, 5.74) is 1.61. The van der Waals surface area contributed by atoms with Gasteiger partial charge in [0.2, 0.25) is 0 Å². The SMILES string of the molecule is c1ccc(CN2CCNC3(CCCCC3)C2)nc1. The monoisotopic (exact) mass is 245 g/mol. The number of nitrogens with zero attached hydrogens (tertiary/aromatic N) is 2. The van der Waals surface area contributed by atoms with Gasteiger partial charge in [0.15, 0.2) is 0 Å². The molecule has 0 unspecified atom stereocenters. The maximum absolute atomic E-state index is 4.44. The molecule has 0 atom stereocenters. The molecule has 2 fully saturated rings. The van der Waals surface area contributed by atoms with Gasteiger partial charge in [-0.25, -0.2) is 0 Å². The van der Waals surface area contributed by atoms with E-state index in [-0.39, 0.29) is 0 Å². The summed E-state index contributed by atoms with van der Waals surface area (Å²) in [6, 6.07) is 6.21. The minimum atomic E-state index is 0.408. The fourth-order valence-electron chi connectivity index (χ4n) is 3.46. The fourth-order valence-corrected chi connectivity index (χ4v) is 3.46. The Labute approximate surface area is 110 Å². The molecule has 1 aliphatic heterocycles. The molecule has 1 saturated carbocycles. The lowest BCUT2D eigenvalue weighted by Crippen LogP contribution is -2.60. The van der Waals surface area contributed by atoms with Crippen molar-refractivity contribution in [2.24, 2.45) is 0 Å². The Balaban J connectivity index is 1.63. The molecule has 98 valence electrons. The molecular formula is C15H23N3. The van der Waals surface area contributed by atoms with Crippen LogP contribution in [0.25, 0.3) is 0 Å². The summed E-state index contributed by atoms with van der Waals surface area (Å²) in [6.45, 7) is 4.49. The standard InChI is InChI=1S/C15H23N3/c1-3-7-15(8-4-1)13-18(11-10-17-15)12-14-6-2-5-9-16-14/h2,5-6,9,17H,1,3-4,7-8,10-13H2. The zero-order valence-electron chi connectivity index (χ0n) is 11.1. The van der Waals surface area contributed by atoms with Crippen LogP contribution in [0.1, 0.15) is 37.8 Å². The van der Waals surface area contributed by atoms with Crippen molar-refractivity contribution in [3.05, 3.63) is 30.1 Å². The number of pyridine rings is 1. The Morgan fingerprint density at radius 2 is 2.11 bits per heavy atom. The first-order valence-corrected chi connectivity index (χ1v) is 7.24. The van der Waals surface area contributed by atoms with Crippen LogP contribution < -0.4 is 5.32 Å². The first-order valence-electron chi connectivity index (χ1n) is 7.24. The number of rotatable bonds is 2. The molecule has 1 aromatic heterocycles. The summed E-state index contributed by atoms with van der Waals surface area (Å²) in [6.07, 6.45) is 8.81. The molecule has 1 aliphatic carbocycles. The van der Waals surface area contributed by atoms with Crippen LogP contribution in [-0.2, 0) is 6.54 Å². The molecule has 2 aliphatic rings. The Kier molecular flexibility index (Phi) is 3.62. The van der Waals surface area contributed by atoms with Crippen molar-refractivity contribution in [3.8, 4) is 0 Å². The van der Waals surface area contributed by atoms with Crippen molar-refractivity contribution < 1.29 is 0 Å². The Hall–Kier alpha value is -0.930. The Morgan fingerprint density at radius 3 is 2.89 bits per heavy atom. The number of nitrogens with one attached hydrogen (secondary N) is 1. The second-order valence-electron chi connectivity index (χ2n) is 5.80. The van der Waals surface area contributed by atoms with E-state index < -0.39 is 0 Å². The van der Waals surface area contributed by atoms with E-state index in [4.69, 9.17) is 0 Å². The molecule has 3 rings (SSSR count). The molecule has 0 amide bonds. The number of aromatic nitrogens is 1. The topological polar surface area (TPSA) is 28.2 Å². The second-order valence-corrected chi connectivity index (χ2v) is 5.80. The quantitative estimate of drug-likeness (QED) is 0.865. The number of piperazine rings is 1. The third-order valence-electron chi connectivity index (χ3n) is 4.38. The van der Waals surface area contributed by atoms with Crippen molar-refractivity contribution in [1.29, 1.82) is 0 Å². The molecular weight excluding hydrogens is 222 g/mol. The average Bonchev–Trinajstić information content (AvgIpc) is 2.41. The van der Waals surface area contributed by atoms with Crippen molar-refractivity contribution in [2.45, 2.75) is 44.2 Å². The molecule has 1 aromatic rings. The van der Waals surface area contributed by atoms with Gasteiger partial charge in [0.25, 0.3) is 0 Å². The highest BCUT2D eigenvalue weighted by molar-refractivity contribution is 5.05. The molecule has 3 nitrogen and oxygen atoms in total. The van der Waals surface area contributed by atoms with Crippen molar-refractivity contribution in [2.75, 3.05) is 19.6 Å². The van der Waals surface area contributed by atoms with E-state index in [0.717, 1.165) is 19.6 Å². The highest BCUT2D eigenvalue weighted by Gasteiger charge is 2.35. The van der Waals surface area contributed by atoms with Crippen LogP contribution in [-0.4, -0.2) is 35.1 Å². The molecule has 3 heteroatoms. The first kappa shape index (κ1) is 12.1. The van der Waals surface area contributed by atoms with Gasteiger partial charge in [-0.2, -0.15) is 0 Å². The van der Waals surface area contributed by atoms with Gasteiger partial charge < -0.3 is 5.32 Å². The van der Waals surface area contributed by atoms with Gasteiger partial charge in [-0.3, -0.25) is 9.88 Å². The van der Waals surface area contributed by atoms with Crippen molar-refractivity contribution >= 4 is 0 Å². The van der Waals surface area contributed by atoms with Crippen molar-refractivity contribution in [1.82, 2.24) is 15.2 Å². The Morgan fingerprint density at radius 1 is 1.22 bits per heavy atom. The lowest BCUT2D eigenvalue weighted by molar-refractivity contribution is 0.0936. The largest absolute Gasteiger partial charge is 0.309 e. The van der Waals surface area contributed by atoms with E-state index in [1.807, 2.05) is 12.3 Å². The van der Waals surface area contributed by atoms with E-state index in [1.54, 1.807) is 0 Å². The molecule has 1 spiro atoms. The van der Waals surface area contributed by atoms with Crippen molar-refractivity contribution in [3.63, 3.8) is 0 Å². The van der Waals surface area contributed by atoms with Crippen LogP contribution in [0.3, 0.4) is 0 Å². The number of hydrogen-bond acceptors (Lipinski definition) is 3. The molecule has 0 aromatic carbocycles. The van der Waals surface area contributed by atoms with Gasteiger partial charge in [-0.1, -0.05) is 25.3 Å². The van der Waals surface area contributed by atoms with E-state index in [2.05, 4.69) is 27.3 Å². The molecule has 0 bridgehead atoms. The smallest absolute Gasteiger partial charge is 0.0543 e. The van der Waals surface area contributed by atoms with Gasteiger partial charge in [0.05, 0.1) is 5.69 Å². The van der Waals surface area contributed by atoms with E-state index >= 15 is 0 Å². The maximum atomic E-state index is 4.44. The summed E-state index contributed by atoms with van der Waals surface area (Å²) in [7, 11) is 0. The van der Waals surface area contributed by atoms with Crippen LogP contribution in [0.15, 0.2) is 24.4 Å². The lowest BCUT2D eigenvalue weighted by atomic mass is 9.80. The Bertz CT molecular complexity index is 365. The molecule has 0 radical (unpaired) electrons. The zero-order chi connectivity index (χ0) is 12.3. The summed E-state index contributed by atoms with van der Waals surface area (Å²) in [5.74, 6) is 0. The predicted molar refractivity (Wildman–Crippen MR) is 73.3 cm³/mol. The minimum Gasteiger partial charge on any atom is -0.309 e. The highest BCUT2D eigenvalue weighted by Crippen LogP contribution is 2.30. The van der Waals surface area contributed by atoms with Crippen LogP contribution in [0, 0.1) is 0 Å². The van der Waals surface area contributed by atoms with Gasteiger partial charge in [0.1, 0.15) is 0 Å². The molecule has 1 saturated heterocycles. The van der Waals surface area contributed by atoms with Gasteiger partial charge in [0, 0.05) is 37.9 Å². The highest BCUT2D eigenvalue weighted by atomic mass is 15.2. The minimum absolute atomic E-state index is 0.408. The average molecular weight is 245 g/mol. The molecule has 1 N–H and O–H groups in total. The fraction of sp³-hybridized carbons (Fsp3) is 0.667. The molecule has 2 heterocycles.